The summed E-state index contributed by atoms with van der Waals surface area (Å²) >= 11 is 0. The fourth-order valence-corrected chi connectivity index (χ4v) is 1.68. The van der Waals surface area contributed by atoms with Crippen molar-refractivity contribution < 1.29 is 28.4 Å². The van der Waals surface area contributed by atoms with Crippen molar-refractivity contribution in [1.29, 1.82) is 0 Å². The van der Waals surface area contributed by atoms with Gasteiger partial charge in [-0.3, -0.25) is 14.9 Å². The third kappa shape index (κ3) is 3.29. The Morgan fingerprint density at radius 2 is 2.09 bits per heavy atom. The zero-order valence-electron chi connectivity index (χ0n) is 11.5. The minimum Gasteiger partial charge on any atom is -0.490 e. The van der Waals surface area contributed by atoms with Crippen LogP contribution in [0.15, 0.2) is 41.0 Å². The van der Waals surface area contributed by atoms with Crippen molar-refractivity contribution >= 4 is 17.4 Å². The van der Waals surface area contributed by atoms with Gasteiger partial charge < -0.3 is 13.9 Å². The van der Waals surface area contributed by atoms with Crippen molar-refractivity contribution in [1.82, 2.24) is 0 Å². The molecule has 0 saturated carbocycles. The predicted octanol–water partition coefficient (Wildman–Crippen LogP) is 2.24. The molecule has 1 heterocycles. The van der Waals surface area contributed by atoms with Crippen molar-refractivity contribution in [3.05, 3.63) is 58.0 Å². The van der Waals surface area contributed by atoms with Crippen LogP contribution in [-0.2, 0) is 4.74 Å². The molecule has 2 rings (SSSR count). The number of nitro groups is 1. The quantitative estimate of drug-likeness (QED) is 0.348. The highest BCUT2D eigenvalue weighted by molar-refractivity contribution is 5.97. The summed E-state index contributed by atoms with van der Waals surface area (Å²) in [6, 6.07) is 6.59. The topological polar surface area (TPSA) is 109 Å². The van der Waals surface area contributed by atoms with E-state index in [4.69, 9.17) is 13.9 Å². The Bertz CT molecular complexity index is 706. The van der Waals surface area contributed by atoms with E-state index in [9.17, 15) is 19.7 Å². The maximum atomic E-state index is 11.8. The molecule has 0 amide bonds. The lowest BCUT2D eigenvalue weighted by Crippen LogP contribution is -2.14. The Morgan fingerprint density at radius 3 is 2.68 bits per heavy atom. The molecule has 114 valence electrons. The summed E-state index contributed by atoms with van der Waals surface area (Å²) < 4.78 is 14.5. The predicted molar refractivity (Wildman–Crippen MR) is 73.0 cm³/mol. The van der Waals surface area contributed by atoms with Gasteiger partial charge in [0.1, 0.15) is 0 Å². The van der Waals surface area contributed by atoms with Crippen molar-refractivity contribution in [2.24, 2.45) is 0 Å². The van der Waals surface area contributed by atoms with Crippen LogP contribution >= 0.6 is 0 Å². The first-order chi connectivity index (χ1) is 10.5. The van der Waals surface area contributed by atoms with Crippen molar-refractivity contribution in [3.63, 3.8) is 0 Å². The van der Waals surface area contributed by atoms with Crippen LogP contribution in [0.2, 0.25) is 0 Å². The van der Waals surface area contributed by atoms with Crippen LogP contribution in [0.3, 0.4) is 0 Å². The van der Waals surface area contributed by atoms with Gasteiger partial charge in [0, 0.05) is 6.07 Å². The Morgan fingerprint density at radius 1 is 1.32 bits per heavy atom. The van der Waals surface area contributed by atoms with Gasteiger partial charge in [-0.15, -0.1) is 0 Å². The first-order valence-corrected chi connectivity index (χ1v) is 6.09. The number of hydrogen-bond donors (Lipinski definition) is 0. The highest BCUT2D eigenvalue weighted by Crippen LogP contribution is 2.27. The highest BCUT2D eigenvalue weighted by atomic mass is 16.6. The SMILES string of the molecule is COc1ccc(C(=O)OCC(=O)c2ccco2)cc1[N+](=O)[O-]. The highest BCUT2D eigenvalue weighted by Gasteiger charge is 2.20. The van der Waals surface area contributed by atoms with Crippen molar-refractivity contribution in [3.8, 4) is 5.75 Å². The van der Waals surface area contributed by atoms with E-state index in [2.05, 4.69) is 0 Å². The molecule has 0 aliphatic rings. The van der Waals surface area contributed by atoms with Gasteiger partial charge in [-0.1, -0.05) is 0 Å². The lowest BCUT2D eigenvalue weighted by atomic mass is 10.2. The van der Waals surface area contributed by atoms with Crippen LogP contribution in [0.4, 0.5) is 5.69 Å². The number of nitro benzene ring substituents is 1. The Labute approximate surface area is 124 Å². The van der Waals surface area contributed by atoms with E-state index in [1.165, 1.54) is 37.6 Å². The number of ketones is 1. The third-order valence-electron chi connectivity index (χ3n) is 2.74. The van der Waals surface area contributed by atoms with Crippen molar-refractivity contribution in [2.75, 3.05) is 13.7 Å². The van der Waals surface area contributed by atoms with Crippen LogP contribution in [0.1, 0.15) is 20.9 Å². The third-order valence-corrected chi connectivity index (χ3v) is 2.74. The van der Waals surface area contributed by atoms with Crippen LogP contribution < -0.4 is 4.74 Å². The molecular formula is C14H11NO7. The number of rotatable bonds is 6. The van der Waals surface area contributed by atoms with E-state index in [0.717, 1.165) is 6.07 Å². The minimum atomic E-state index is -0.856. The largest absolute Gasteiger partial charge is 0.490 e. The molecule has 0 aliphatic heterocycles. The average molecular weight is 305 g/mol. The summed E-state index contributed by atoms with van der Waals surface area (Å²) in [5, 5.41) is 10.9. The molecule has 0 radical (unpaired) electrons. The Kier molecular flexibility index (Phi) is 4.52. The minimum absolute atomic E-state index is 0.0215. The first-order valence-electron chi connectivity index (χ1n) is 6.09. The molecule has 0 N–H and O–H groups in total. The van der Waals surface area contributed by atoms with E-state index >= 15 is 0 Å². The summed E-state index contributed by atoms with van der Waals surface area (Å²) in [6.07, 6.45) is 1.32. The number of furan rings is 1. The molecule has 0 spiro atoms. The number of carbonyl (C=O) groups is 2. The molecule has 8 nitrogen and oxygen atoms in total. The molecule has 22 heavy (non-hydrogen) atoms. The number of hydrogen-bond acceptors (Lipinski definition) is 7. The number of nitrogens with zero attached hydrogens (tertiary/aromatic N) is 1. The van der Waals surface area contributed by atoms with Gasteiger partial charge in [-0.25, -0.2) is 4.79 Å². The van der Waals surface area contributed by atoms with Gasteiger partial charge in [0.2, 0.25) is 5.78 Å². The number of carbonyl (C=O) groups excluding carboxylic acids is 2. The van der Waals surface area contributed by atoms with Gasteiger partial charge in [0.15, 0.2) is 18.1 Å². The Balaban J connectivity index is 2.08. The average Bonchev–Trinajstić information content (AvgIpc) is 3.06. The van der Waals surface area contributed by atoms with E-state index in [0.29, 0.717) is 0 Å². The molecule has 1 aromatic carbocycles. The van der Waals surface area contributed by atoms with Crippen LogP contribution in [0, 0.1) is 10.1 Å². The van der Waals surface area contributed by atoms with Crippen LogP contribution in [0.25, 0.3) is 0 Å². The standard InChI is InChI=1S/C14H11NO7/c1-20-12-5-4-9(7-10(12)15(18)19)14(17)22-8-11(16)13-3-2-6-21-13/h2-7H,8H2,1H3. The maximum Gasteiger partial charge on any atom is 0.338 e. The second kappa shape index (κ2) is 6.53. The smallest absolute Gasteiger partial charge is 0.338 e. The van der Waals surface area contributed by atoms with Crippen LogP contribution in [-0.4, -0.2) is 30.4 Å². The molecule has 0 atom stereocenters. The van der Waals surface area contributed by atoms with E-state index < -0.39 is 23.3 Å². The molecule has 0 aliphatic carbocycles. The number of Topliss-reactive ketones (excluding diaryl/α,β-unsaturated/α-hetero) is 1. The lowest BCUT2D eigenvalue weighted by Gasteiger charge is -2.05. The molecule has 0 fully saturated rings. The van der Waals surface area contributed by atoms with Crippen LogP contribution in [0.5, 0.6) is 5.75 Å². The van der Waals surface area contributed by atoms with Gasteiger partial charge in [0.25, 0.3) is 0 Å². The number of methoxy groups -OCH3 is 1. The molecule has 1 aromatic heterocycles. The summed E-state index contributed by atoms with van der Waals surface area (Å²) in [5.41, 5.74) is -0.422. The van der Waals surface area contributed by atoms with Crippen molar-refractivity contribution in [2.45, 2.75) is 0 Å². The maximum absolute atomic E-state index is 11.8. The zero-order chi connectivity index (χ0) is 16.1. The van der Waals surface area contributed by atoms with E-state index in [1.54, 1.807) is 0 Å². The normalized spacial score (nSPS) is 10.0. The molecule has 0 saturated heterocycles. The van der Waals surface area contributed by atoms with Gasteiger partial charge >= 0.3 is 11.7 Å². The van der Waals surface area contributed by atoms with Gasteiger partial charge in [0.05, 0.1) is 23.9 Å². The molecule has 0 bridgehead atoms. The molecule has 0 unspecified atom stereocenters. The summed E-state index contributed by atoms with van der Waals surface area (Å²) in [7, 11) is 1.28. The summed E-state index contributed by atoms with van der Waals surface area (Å²) in [4.78, 5) is 33.6. The van der Waals surface area contributed by atoms with Gasteiger partial charge in [-0.2, -0.15) is 0 Å². The fraction of sp³-hybridized carbons (Fsp3) is 0.143. The fourth-order valence-electron chi connectivity index (χ4n) is 1.68. The number of benzene rings is 1. The summed E-state index contributed by atoms with van der Waals surface area (Å²) in [5.74, 6) is -1.28. The first kappa shape index (κ1) is 15.2. The molecule has 8 heteroatoms. The number of ether oxygens (including phenoxy) is 2. The van der Waals surface area contributed by atoms with Gasteiger partial charge in [-0.05, 0) is 24.3 Å². The van der Waals surface area contributed by atoms with E-state index in [-0.39, 0.29) is 22.8 Å². The summed E-state index contributed by atoms with van der Waals surface area (Å²) in [6.45, 7) is -0.522. The monoisotopic (exact) mass is 305 g/mol. The Hall–Kier alpha value is -3.16. The zero-order valence-corrected chi connectivity index (χ0v) is 11.5. The second-order valence-electron chi connectivity index (χ2n) is 4.12. The lowest BCUT2D eigenvalue weighted by molar-refractivity contribution is -0.385. The second-order valence-corrected chi connectivity index (χ2v) is 4.12. The molecule has 2 aromatic rings. The van der Waals surface area contributed by atoms with E-state index in [1.807, 2.05) is 0 Å². The molecular weight excluding hydrogens is 294 g/mol. The number of esters is 1.